The molecule has 1 rings (SSSR count). The molecule has 1 heterocycles. The second-order valence-electron chi connectivity index (χ2n) is 6.16. The molecule has 0 radical (unpaired) electrons. The fraction of sp³-hybridized carbons (Fsp3) is 0.889. The minimum Gasteiger partial charge on any atom is -0.379 e. The highest BCUT2D eigenvalue weighted by Gasteiger charge is 2.10. The van der Waals surface area contributed by atoms with Gasteiger partial charge in [-0.1, -0.05) is 0 Å². The number of carbonyl (C=O) groups excluding carboxylic acids is 1. The summed E-state index contributed by atoms with van der Waals surface area (Å²) in [6.07, 6.45) is 2.73. The van der Waals surface area contributed by atoms with Crippen LogP contribution in [0.2, 0.25) is 0 Å². The van der Waals surface area contributed by atoms with Crippen molar-refractivity contribution in [3.8, 4) is 0 Å². The van der Waals surface area contributed by atoms with E-state index in [1.54, 1.807) is 0 Å². The fourth-order valence-corrected chi connectivity index (χ4v) is 2.83. The maximum atomic E-state index is 12.0. The summed E-state index contributed by atoms with van der Waals surface area (Å²) in [4.78, 5) is 20.9. The molecule has 2 N–H and O–H groups in total. The predicted molar refractivity (Wildman–Crippen MR) is 103 cm³/mol. The van der Waals surface area contributed by atoms with E-state index in [0.29, 0.717) is 13.0 Å². The molecule has 0 aromatic rings. The second-order valence-corrected chi connectivity index (χ2v) is 6.16. The van der Waals surface area contributed by atoms with Crippen molar-refractivity contribution in [2.24, 2.45) is 4.99 Å². The lowest BCUT2D eigenvalue weighted by Crippen LogP contribution is -2.40. The number of guanidine groups is 1. The van der Waals surface area contributed by atoms with Crippen LogP contribution in [0.25, 0.3) is 0 Å². The Labute approximate surface area is 153 Å². The molecule has 1 saturated heterocycles. The number of morpholine rings is 1. The van der Waals surface area contributed by atoms with E-state index in [0.717, 1.165) is 77.8 Å². The van der Waals surface area contributed by atoms with Crippen LogP contribution < -0.4 is 10.6 Å². The first-order chi connectivity index (χ1) is 12.2. The standard InChI is InChI=1S/C18H37N5O2/c1-4-19-18(21-11-9-17(24)23(5-2)6-3)20-10-7-8-12-22-13-15-25-16-14-22/h4-16H2,1-3H3,(H2,19,20,21). The van der Waals surface area contributed by atoms with Gasteiger partial charge < -0.3 is 20.3 Å². The highest BCUT2D eigenvalue weighted by molar-refractivity contribution is 5.81. The summed E-state index contributed by atoms with van der Waals surface area (Å²) in [6, 6.07) is 0. The van der Waals surface area contributed by atoms with Crippen LogP contribution in [0.5, 0.6) is 0 Å². The third kappa shape index (κ3) is 9.65. The lowest BCUT2D eigenvalue weighted by molar-refractivity contribution is -0.130. The molecule has 0 atom stereocenters. The van der Waals surface area contributed by atoms with E-state index >= 15 is 0 Å². The van der Waals surface area contributed by atoms with E-state index in [1.165, 1.54) is 0 Å². The van der Waals surface area contributed by atoms with Gasteiger partial charge >= 0.3 is 0 Å². The van der Waals surface area contributed by atoms with Crippen LogP contribution in [-0.4, -0.2) is 87.2 Å². The monoisotopic (exact) mass is 355 g/mol. The van der Waals surface area contributed by atoms with Crippen molar-refractivity contribution < 1.29 is 9.53 Å². The summed E-state index contributed by atoms with van der Waals surface area (Å²) < 4.78 is 5.36. The van der Waals surface area contributed by atoms with E-state index in [9.17, 15) is 4.79 Å². The first kappa shape index (κ1) is 21.7. The number of carbonyl (C=O) groups is 1. The Bertz CT molecular complexity index is 380. The average molecular weight is 356 g/mol. The summed E-state index contributed by atoms with van der Waals surface area (Å²) in [6.45, 7) is 14.8. The van der Waals surface area contributed by atoms with Gasteiger partial charge in [-0.05, 0) is 40.2 Å². The lowest BCUT2D eigenvalue weighted by Gasteiger charge is -2.26. The van der Waals surface area contributed by atoms with Crippen LogP contribution in [0.1, 0.15) is 40.0 Å². The zero-order valence-electron chi connectivity index (χ0n) is 16.4. The van der Waals surface area contributed by atoms with Crippen LogP contribution in [0.4, 0.5) is 0 Å². The lowest BCUT2D eigenvalue weighted by atomic mass is 10.3. The van der Waals surface area contributed by atoms with Gasteiger partial charge in [-0.25, -0.2) is 0 Å². The maximum absolute atomic E-state index is 12.0. The number of nitrogens with one attached hydrogen (secondary N) is 2. The summed E-state index contributed by atoms with van der Waals surface area (Å²) in [5.41, 5.74) is 0. The number of rotatable bonds is 11. The number of unbranched alkanes of at least 4 members (excludes halogenated alkanes) is 1. The minimum atomic E-state index is 0.193. The molecular weight excluding hydrogens is 318 g/mol. The van der Waals surface area contributed by atoms with Crippen LogP contribution >= 0.6 is 0 Å². The predicted octanol–water partition coefficient (Wildman–Crippen LogP) is 0.912. The number of aliphatic imine (C=N–C) groups is 1. The molecule has 0 bridgehead atoms. The fourth-order valence-electron chi connectivity index (χ4n) is 2.83. The topological polar surface area (TPSA) is 69.2 Å². The summed E-state index contributed by atoms with van der Waals surface area (Å²) in [5, 5.41) is 6.50. The van der Waals surface area contributed by atoms with E-state index < -0.39 is 0 Å². The van der Waals surface area contributed by atoms with Crippen molar-refractivity contribution in [1.29, 1.82) is 0 Å². The molecule has 0 aromatic carbocycles. The first-order valence-corrected chi connectivity index (χ1v) is 9.81. The molecule has 0 unspecified atom stereocenters. The third-order valence-electron chi connectivity index (χ3n) is 4.35. The minimum absolute atomic E-state index is 0.193. The zero-order valence-corrected chi connectivity index (χ0v) is 16.4. The molecule has 1 aliphatic heterocycles. The number of nitrogens with zero attached hydrogens (tertiary/aromatic N) is 3. The quantitative estimate of drug-likeness (QED) is 0.328. The first-order valence-electron chi connectivity index (χ1n) is 9.81. The number of amides is 1. The van der Waals surface area contributed by atoms with Crippen molar-refractivity contribution in [1.82, 2.24) is 20.4 Å². The molecule has 0 spiro atoms. The van der Waals surface area contributed by atoms with Gasteiger partial charge in [-0.3, -0.25) is 14.7 Å². The molecule has 7 nitrogen and oxygen atoms in total. The third-order valence-corrected chi connectivity index (χ3v) is 4.35. The van der Waals surface area contributed by atoms with Crippen LogP contribution in [0.3, 0.4) is 0 Å². The van der Waals surface area contributed by atoms with E-state index in [4.69, 9.17) is 4.74 Å². The van der Waals surface area contributed by atoms with Crippen LogP contribution in [0.15, 0.2) is 4.99 Å². The highest BCUT2D eigenvalue weighted by atomic mass is 16.5. The molecule has 1 fully saturated rings. The second kappa shape index (κ2) is 13.9. The Hall–Kier alpha value is -1.34. The zero-order chi connectivity index (χ0) is 18.3. The number of ether oxygens (including phenoxy) is 1. The van der Waals surface area contributed by atoms with Crippen molar-refractivity contribution in [2.45, 2.75) is 40.0 Å². The number of hydrogen-bond donors (Lipinski definition) is 2. The Kier molecular flexibility index (Phi) is 12.1. The maximum Gasteiger partial charge on any atom is 0.224 e. The van der Waals surface area contributed by atoms with Gasteiger partial charge in [-0.2, -0.15) is 0 Å². The molecule has 7 heteroatoms. The summed E-state index contributed by atoms with van der Waals surface area (Å²) in [7, 11) is 0. The molecule has 1 aliphatic rings. The van der Waals surface area contributed by atoms with Gasteiger partial charge in [0.05, 0.1) is 13.2 Å². The van der Waals surface area contributed by atoms with Crippen molar-refractivity contribution in [3.63, 3.8) is 0 Å². The molecule has 0 saturated carbocycles. The van der Waals surface area contributed by atoms with Gasteiger partial charge in [0, 0.05) is 52.2 Å². The Morgan fingerprint density at radius 2 is 1.84 bits per heavy atom. The summed E-state index contributed by atoms with van der Waals surface area (Å²) >= 11 is 0. The van der Waals surface area contributed by atoms with Crippen LogP contribution in [-0.2, 0) is 9.53 Å². The molecule has 25 heavy (non-hydrogen) atoms. The van der Waals surface area contributed by atoms with Gasteiger partial charge in [0.25, 0.3) is 0 Å². The summed E-state index contributed by atoms with van der Waals surface area (Å²) in [5.74, 6) is 1.00. The van der Waals surface area contributed by atoms with Crippen molar-refractivity contribution in [2.75, 3.05) is 65.6 Å². The largest absolute Gasteiger partial charge is 0.379 e. The Morgan fingerprint density at radius 3 is 2.48 bits per heavy atom. The van der Waals surface area contributed by atoms with E-state index in [-0.39, 0.29) is 5.91 Å². The SMILES string of the molecule is CCNC(=NCCCCN1CCOCC1)NCCC(=O)N(CC)CC. The smallest absolute Gasteiger partial charge is 0.224 e. The normalized spacial score (nSPS) is 15.9. The van der Waals surface area contributed by atoms with E-state index in [2.05, 4.69) is 27.4 Å². The Morgan fingerprint density at radius 1 is 1.12 bits per heavy atom. The molecule has 146 valence electrons. The molecule has 0 aliphatic carbocycles. The van der Waals surface area contributed by atoms with Gasteiger partial charge in [-0.15, -0.1) is 0 Å². The molecule has 1 amide bonds. The van der Waals surface area contributed by atoms with Crippen molar-refractivity contribution in [3.05, 3.63) is 0 Å². The van der Waals surface area contributed by atoms with E-state index in [1.807, 2.05) is 18.7 Å². The average Bonchev–Trinajstić information content (AvgIpc) is 2.63. The van der Waals surface area contributed by atoms with Gasteiger partial charge in [0.1, 0.15) is 0 Å². The molecule has 0 aromatic heterocycles. The van der Waals surface area contributed by atoms with Crippen molar-refractivity contribution >= 4 is 11.9 Å². The van der Waals surface area contributed by atoms with Crippen LogP contribution in [0, 0.1) is 0 Å². The molecular formula is C18H37N5O2. The Balaban J connectivity index is 2.20. The number of hydrogen-bond acceptors (Lipinski definition) is 4. The van der Waals surface area contributed by atoms with Gasteiger partial charge in [0.2, 0.25) is 5.91 Å². The highest BCUT2D eigenvalue weighted by Crippen LogP contribution is 2.00. The van der Waals surface area contributed by atoms with Gasteiger partial charge in [0.15, 0.2) is 5.96 Å².